The molecular weight excluding hydrogens is 454 g/mol. The van der Waals surface area contributed by atoms with Crippen LogP contribution in [0.15, 0.2) is 12.5 Å². The summed E-state index contributed by atoms with van der Waals surface area (Å²) in [7, 11) is 0. The molecule has 4 unspecified atom stereocenters. The second kappa shape index (κ2) is 14.6. The van der Waals surface area contributed by atoms with Gasteiger partial charge in [-0.05, 0) is 19.4 Å². The van der Waals surface area contributed by atoms with E-state index in [2.05, 4.69) is 25.9 Å². The van der Waals surface area contributed by atoms with E-state index in [0.717, 1.165) is 0 Å². The smallest absolute Gasteiger partial charge is 0.326 e. The summed E-state index contributed by atoms with van der Waals surface area (Å²) in [4.78, 5) is 66.4. The van der Waals surface area contributed by atoms with Gasteiger partial charge >= 0.3 is 11.9 Å². The van der Waals surface area contributed by atoms with Crippen LogP contribution in [0.3, 0.4) is 0 Å². The van der Waals surface area contributed by atoms with Crippen LogP contribution in [0.25, 0.3) is 0 Å². The van der Waals surface area contributed by atoms with E-state index in [0.29, 0.717) is 25.1 Å². The first-order valence-corrected chi connectivity index (χ1v) is 10.5. The molecule has 0 aromatic carbocycles. The number of hydrogen-bond donors (Lipinski definition) is 9. The number of aliphatic carboxylic acids is 2. The van der Waals surface area contributed by atoms with Gasteiger partial charge in [0.05, 0.1) is 25.4 Å². The quantitative estimate of drug-likeness (QED) is 0.103. The standard InChI is InChI=1S/C19H31N7O8/c20-4-2-1-3-11(21)16(30)24-12(6-15(28)29)17(31)26-14(8-27)18(32)25-13(19(33)34)5-10-7-22-9-23-10/h7,9,11-14,27H,1-6,8,20-21H2,(H,22,23)(H,24,30)(H,25,32)(H,26,31)(H,28,29)(H,33,34). The third-order valence-electron chi connectivity index (χ3n) is 4.73. The van der Waals surface area contributed by atoms with Crippen molar-refractivity contribution in [3.63, 3.8) is 0 Å². The van der Waals surface area contributed by atoms with Crippen LogP contribution in [0.4, 0.5) is 0 Å². The van der Waals surface area contributed by atoms with Crippen molar-refractivity contribution in [1.82, 2.24) is 25.9 Å². The lowest BCUT2D eigenvalue weighted by molar-refractivity contribution is -0.143. The molecule has 0 aliphatic rings. The Hall–Kier alpha value is -3.56. The molecule has 1 rings (SSSR count). The number of carbonyl (C=O) groups is 5. The van der Waals surface area contributed by atoms with E-state index in [1.165, 1.54) is 12.5 Å². The zero-order valence-corrected chi connectivity index (χ0v) is 18.4. The maximum Gasteiger partial charge on any atom is 0.326 e. The average Bonchev–Trinajstić information content (AvgIpc) is 3.29. The highest BCUT2D eigenvalue weighted by molar-refractivity contribution is 5.95. The maximum atomic E-state index is 12.6. The third kappa shape index (κ3) is 9.93. The Labute approximate surface area is 194 Å². The summed E-state index contributed by atoms with van der Waals surface area (Å²) in [5.74, 6) is -5.65. The van der Waals surface area contributed by atoms with E-state index in [4.69, 9.17) is 16.6 Å². The number of unbranched alkanes of at least 4 members (excludes halogenated alkanes) is 1. The SMILES string of the molecule is NCCCCC(N)C(=O)NC(CC(=O)O)C(=O)NC(CO)C(=O)NC(Cc1cnc[nH]1)C(=O)O. The number of aliphatic hydroxyl groups excluding tert-OH is 1. The van der Waals surface area contributed by atoms with Crippen molar-refractivity contribution >= 4 is 29.7 Å². The van der Waals surface area contributed by atoms with Gasteiger partial charge in [-0.2, -0.15) is 0 Å². The lowest BCUT2D eigenvalue weighted by atomic mass is 10.1. The maximum absolute atomic E-state index is 12.6. The van der Waals surface area contributed by atoms with E-state index in [1.807, 2.05) is 0 Å². The Morgan fingerprint density at radius 3 is 2.12 bits per heavy atom. The van der Waals surface area contributed by atoms with Gasteiger partial charge in [0, 0.05) is 18.3 Å². The number of rotatable bonds is 16. The van der Waals surface area contributed by atoms with Crippen LogP contribution in [0.5, 0.6) is 0 Å². The molecule has 11 N–H and O–H groups in total. The highest BCUT2D eigenvalue weighted by atomic mass is 16.4. The second-order valence-corrected chi connectivity index (χ2v) is 7.47. The molecule has 1 aromatic heterocycles. The van der Waals surface area contributed by atoms with Crippen LogP contribution in [0, 0.1) is 0 Å². The Morgan fingerprint density at radius 2 is 1.59 bits per heavy atom. The molecular formula is C19H31N7O8. The molecule has 0 spiro atoms. The first-order valence-electron chi connectivity index (χ1n) is 10.5. The van der Waals surface area contributed by atoms with Crippen molar-refractivity contribution in [1.29, 1.82) is 0 Å². The van der Waals surface area contributed by atoms with Crippen LogP contribution in [-0.4, -0.2) is 92.3 Å². The number of imidazole rings is 1. The molecule has 0 fully saturated rings. The molecule has 0 saturated heterocycles. The minimum atomic E-state index is -1.61. The fourth-order valence-electron chi connectivity index (χ4n) is 2.86. The Morgan fingerprint density at radius 1 is 0.971 bits per heavy atom. The number of aliphatic hydroxyl groups is 1. The number of nitrogens with zero attached hydrogens (tertiary/aromatic N) is 1. The monoisotopic (exact) mass is 485 g/mol. The zero-order valence-electron chi connectivity index (χ0n) is 18.4. The molecule has 0 aliphatic heterocycles. The number of carboxylic acid groups (broad SMARTS) is 2. The average molecular weight is 485 g/mol. The fourth-order valence-corrected chi connectivity index (χ4v) is 2.86. The van der Waals surface area contributed by atoms with Crippen LogP contribution in [0.2, 0.25) is 0 Å². The van der Waals surface area contributed by atoms with Gasteiger partial charge in [-0.15, -0.1) is 0 Å². The van der Waals surface area contributed by atoms with Crippen LogP contribution in [0.1, 0.15) is 31.4 Å². The topological polar surface area (TPSA) is 263 Å². The van der Waals surface area contributed by atoms with Gasteiger partial charge in [0.25, 0.3) is 0 Å². The fraction of sp³-hybridized carbons (Fsp3) is 0.579. The predicted octanol–water partition coefficient (Wildman–Crippen LogP) is -3.59. The van der Waals surface area contributed by atoms with E-state index in [-0.39, 0.29) is 12.8 Å². The number of H-pyrrole nitrogens is 1. The van der Waals surface area contributed by atoms with E-state index in [9.17, 15) is 34.2 Å². The Bertz CT molecular complexity index is 833. The molecule has 0 radical (unpaired) electrons. The minimum absolute atomic E-state index is 0.146. The Kier molecular flexibility index (Phi) is 12.2. The zero-order chi connectivity index (χ0) is 25.7. The van der Waals surface area contributed by atoms with Crippen molar-refractivity contribution in [3.8, 4) is 0 Å². The molecule has 0 bridgehead atoms. The lowest BCUT2D eigenvalue weighted by Gasteiger charge is -2.23. The van der Waals surface area contributed by atoms with Crippen LogP contribution >= 0.6 is 0 Å². The molecule has 4 atom stereocenters. The number of carbonyl (C=O) groups excluding carboxylic acids is 3. The predicted molar refractivity (Wildman–Crippen MR) is 116 cm³/mol. The van der Waals surface area contributed by atoms with Gasteiger partial charge in [-0.1, -0.05) is 6.42 Å². The summed E-state index contributed by atoms with van der Waals surface area (Å²) >= 11 is 0. The first kappa shape index (κ1) is 28.5. The van der Waals surface area contributed by atoms with Crippen LogP contribution < -0.4 is 27.4 Å². The highest BCUT2D eigenvalue weighted by Crippen LogP contribution is 2.03. The number of amides is 3. The largest absolute Gasteiger partial charge is 0.481 e. The van der Waals surface area contributed by atoms with Gasteiger partial charge in [-0.3, -0.25) is 19.2 Å². The van der Waals surface area contributed by atoms with Gasteiger partial charge in [-0.25, -0.2) is 9.78 Å². The van der Waals surface area contributed by atoms with Crippen molar-refractivity contribution in [2.75, 3.05) is 13.2 Å². The molecule has 1 aromatic rings. The number of aromatic amines is 1. The molecule has 34 heavy (non-hydrogen) atoms. The number of carboxylic acids is 2. The van der Waals surface area contributed by atoms with Crippen LogP contribution in [-0.2, 0) is 30.4 Å². The first-order chi connectivity index (χ1) is 16.1. The molecule has 190 valence electrons. The minimum Gasteiger partial charge on any atom is -0.481 e. The van der Waals surface area contributed by atoms with Crippen molar-refractivity contribution in [3.05, 3.63) is 18.2 Å². The normalized spacial score (nSPS) is 14.3. The summed E-state index contributed by atoms with van der Waals surface area (Å²) in [5, 5.41) is 34.5. The number of nitrogens with one attached hydrogen (secondary N) is 4. The molecule has 0 aliphatic carbocycles. The van der Waals surface area contributed by atoms with Crippen molar-refractivity contribution in [2.45, 2.75) is 56.3 Å². The summed E-state index contributed by atoms with van der Waals surface area (Å²) in [6, 6.07) is -5.61. The molecule has 15 nitrogen and oxygen atoms in total. The number of aromatic nitrogens is 2. The van der Waals surface area contributed by atoms with Gasteiger partial charge < -0.3 is 47.7 Å². The number of nitrogens with two attached hydrogens (primary N) is 2. The molecule has 0 saturated carbocycles. The van der Waals surface area contributed by atoms with Crippen molar-refractivity contribution in [2.24, 2.45) is 11.5 Å². The van der Waals surface area contributed by atoms with Gasteiger partial charge in [0.1, 0.15) is 18.1 Å². The molecule has 3 amide bonds. The van der Waals surface area contributed by atoms with E-state index in [1.54, 1.807) is 0 Å². The third-order valence-corrected chi connectivity index (χ3v) is 4.73. The van der Waals surface area contributed by atoms with Gasteiger partial charge in [0.2, 0.25) is 17.7 Å². The molecule has 15 heteroatoms. The summed E-state index contributed by atoms with van der Waals surface area (Å²) < 4.78 is 0. The van der Waals surface area contributed by atoms with E-state index < -0.39 is 66.9 Å². The molecule has 1 heterocycles. The summed E-state index contributed by atoms with van der Waals surface area (Å²) in [6.45, 7) is -0.506. The second-order valence-electron chi connectivity index (χ2n) is 7.47. The number of hydrogen-bond acceptors (Lipinski definition) is 9. The summed E-state index contributed by atoms with van der Waals surface area (Å²) in [5.41, 5.74) is 11.6. The Balaban J connectivity index is 2.80. The van der Waals surface area contributed by atoms with E-state index >= 15 is 0 Å². The highest BCUT2D eigenvalue weighted by Gasteiger charge is 2.31. The lowest BCUT2D eigenvalue weighted by Crippen LogP contribution is -2.58. The van der Waals surface area contributed by atoms with Crippen molar-refractivity contribution < 1.29 is 39.3 Å². The summed E-state index contributed by atoms with van der Waals surface area (Å²) in [6.07, 6.45) is 3.18. The van der Waals surface area contributed by atoms with Gasteiger partial charge in [0.15, 0.2) is 0 Å².